The summed E-state index contributed by atoms with van der Waals surface area (Å²) >= 11 is 0. The molecule has 1 fully saturated rings. The van der Waals surface area contributed by atoms with E-state index in [0.29, 0.717) is 11.6 Å². The van der Waals surface area contributed by atoms with Gasteiger partial charge < -0.3 is 10.1 Å². The van der Waals surface area contributed by atoms with Crippen LogP contribution in [0.25, 0.3) is 0 Å². The number of aromatic nitrogens is 2. The highest BCUT2D eigenvalue weighted by Gasteiger charge is 2.13. The van der Waals surface area contributed by atoms with E-state index in [0.717, 1.165) is 38.4 Å². The van der Waals surface area contributed by atoms with Gasteiger partial charge in [0.2, 0.25) is 0 Å². The summed E-state index contributed by atoms with van der Waals surface area (Å²) < 4.78 is 5.29. The molecule has 0 bridgehead atoms. The second kappa shape index (κ2) is 5.42. The van der Waals surface area contributed by atoms with Crippen molar-refractivity contribution < 1.29 is 4.74 Å². The number of hydrogen-bond acceptors (Lipinski definition) is 5. The molecule has 0 saturated carbocycles. The van der Waals surface area contributed by atoms with Gasteiger partial charge in [0, 0.05) is 19.8 Å². The summed E-state index contributed by atoms with van der Waals surface area (Å²) in [5.41, 5.74) is 0.344. The van der Waals surface area contributed by atoms with E-state index in [1.165, 1.54) is 0 Å². The Morgan fingerprint density at radius 2 is 2.19 bits per heavy atom. The lowest BCUT2D eigenvalue weighted by atomic mass is 10.0. The van der Waals surface area contributed by atoms with Gasteiger partial charge in [0.15, 0.2) is 5.69 Å². The minimum Gasteiger partial charge on any atom is -0.381 e. The molecule has 0 unspecified atom stereocenters. The molecule has 0 amide bonds. The third-order valence-electron chi connectivity index (χ3n) is 2.69. The van der Waals surface area contributed by atoms with Crippen LogP contribution in [-0.4, -0.2) is 30.0 Å². The van der Waals surface area contributed by atoms with Crippen molar-refractivity contribution in [2.24, 2.45) is 5.92 Å². The van der Waals surface area contributed by atoms with E-state index in [1.807, 2.05) is 6.07 Å². The first-order valence-corrected chi connectivity index (χ1v) is 5.44. The fraction of sp³-hybridized carbons (Fsp3) is 0.545. The molecule has 0 aliphatic carbocycles. The second-order valence-electron chi connectivity index (χ2n) is 3.85. The maximum atomic E-state index is 8.58. The number of nitrogens with zero attached hydrogens (tertiary/aromatic N) is 3. The molecule has 1 aliphatic heterocycles. The molecule has 2 rings (SSSR count). The minimum absolute atomic E-state index is 0.344. The van der Waals surface area contributed by atoms with Crippen LogP contribution in [0.15, 0.2) is 12.1 Å². The molecule has 0 atom stereocenters. The second-order valence-corrected chi connectivity index (χ2v) is 3.85. The lowest BCUT2D eigenvalue weighted by Crippen LogP contribution is -2.23. The Hall–Kier alpha value is -1.67. The van der Waals surface area contributed by atoms with Gasteiger partial charge in [0.1, 0.15) is 11.9 Å². The Balaban J connectivity index is 1.82. The van der Waals surface area contributed by atoms with Crippen molar-refractivity contribution in [1.29, 1.82) is 5.26 Å². The molecule has 1 N–H and O–H groups in total. The van der Waals surface area contributed by atoms with Crippen molar-refractivity contribution in [2.45, 2.75) is 12.8 Å². The van der Waals surface area contributed by atoms with Gasteiger partial charge >= 0.3 is 0 Å². The standard InChI is InChI=1S/C11H14N4O/c12-7-10-1-2-11(15-14-10)13-8-9-3-5-16-6-4-9/h1-2,9H,3-6,8H2,(H,13,15). The largest absolute Gasteiger partial charge is 0.381 e. The van der Waals surface area contributed by atoms with Gasteiger partial charge in [-0.05, 0) is 30.9 Å². The van der Waals surface area contributed by atoms with E-state index in [2.05, 4.69) is 15.5 Å². The number of rotatable bonds is 3. The Morgan fingerprint density at radius 1 is 1.38 bits per heavy atom. The van der Waals surface area contributed by atoms with Gasteiger partial charge in [-0.3, -0.25) is 0 Å². The molecule has 1 aromatic heterocycles. The van der Waals surface area contributed by atoms with E-state index in [-0.39, 0.29) is 0 Å². The number of nitrogens with one attached hydrogen (secondary N) is 1. The SMILES string of the molecule is N#Cc1ccc(NCC2CCOCC2)nn1. The molecule has 5 nitrogen and oxygen atoms in total. The molecule has 1 aromatic rings. The zero-order valence-corrected chi connectivity index (χ0v) is 9.02. The summed E-state index contributed by atoms with van der Waals surface area (Å²) in [6.07, 6.45) is 2.19. The summed E-state index contributed by atoms with van der Waals surface area (Å²) in [5, 5.41) is 19.5. The van der Waals surface area contributed by atoms with Crippen molar-refractivity contribution in [3.8, 4) is 6.07 Å². The lowest BCUT2D eigenvalue weighted by molar-refractivity contribution is 0.0699. The van der Waals surface area contributed by atoms with Gasteiger partial charge in [-0.1, -0.05) is 0 Å². The first-order chi connectivity index (χ1) is 7.88. The molecule has 1 saturated heterocycles. The minimum atomic E-state index is 0.344. The quantitative estimate of drug-likeness (QED) is 0.825. The zero-order chi connectivity index (χ0) is 11.2. The number of hydrogen-bond donors (Lipinski definition) is 1. The van der Waals surface area contributed by atoms with E-state index in [4.69, 9.17) is 10.00 Å². The summed E-state index contributed by atoms with van der Waals surface area (Å²) in [6, 6.07) is 5.39. The molecular weight excluding hydrogens is 204 g/mol. The van der Waals surface area contributed by atoms with E-state index >= 15 is 0 Å². The van der Waals surface area contributed by atoms with Gasteiger partial charge in [-0.2, -0.15) is 5.26 Å². The maximum Gasteiger partial charge on any atom is 0.163 e. The van der Waals surface area contributed by atoms with Crippen LogP contribution < -0.4 is 5.32 Å². The highest BCUT2D eigenvalue weighted by Crippen LogP contribution is 2.15. The van der Waals surface area contributed by atoms with Crippen LogP contribution in [0.5, 0.6) is 0 Å². The summed E-state index contributed by atoms with van der Waals surface area (Å²) in [5.74, 6) is 1.37. The molecular formula is C11H14N4O. The van der Waals surface area contributed by atoms with Gasteiger partial charge in [-0.25, -0.2) is 0 Å². The smallest absolute Gasteiger partial charge is 0.163 e. The van der Waals surface area contributed by atoms with Crippen LogP contribution >= 0.6 is 0 Å². The number of anilines is 1. The summed E-state index contributed by atoms with van der Waals surface area (Å²) in [6.45, 7) is 2.60. The third-order valence-corrected chi connectivity index (χ3v) is 2.69. The molecule has 84 valence electrons. The topological polar surface area (TPSA) is 70.8 Å². The molecule has 5 heteroatoms. The van der Waals surface area contributed by atoms with Crippen molar-refractivity contribution in [2.75, 3.05) is 25.1 Å². The number of nitriles is 1. The van der Waals surface area contributed by atoms with Crippen LogP contribution in [-0.2, 0) is 4.74 Å². The predicted octanol–water partition coefficient (Wildman–Crippen LogP) is 1.19. The molecule has 0 radical (unpaired) electrons. The first kappa shape index (κ1) is 10.8. The Bertz CT molecular complexity index is 365. The Kier molecular flexibility index (Phi) is 3.67. The highest BCUT2D eigenvalue weighted by molar-refractivity contribution is 5.35. The van der Waals surface area contributed by atoms with Crippen LogP contribution in [0.1, 0.15) is 18.5 Å². The fourth-order valence-electron chi connectivity index (χ4n) is 1.69. The Labute approximate surface area is 94.4 Å². The van der Waals surface area contributed by atoms with Crippen molar-refractivity contribution in [1.82, 2.24) is 10.2 Å². The third kappa shape index (κ3) is 2.91. The zero-order valence-electron chi connectivity index (χ0n) is 9.02. The average Bonchev–Trinajstić information content (AvgIpc) is 2.38. The molecule has 16 heavy (non-hydrogen) atoms. The normalized spacial score (nSPS) is 16.7. The van der Waals surface area contributed by atoms with Gasteiger partial charge in [0.05, 0.1) is 0 Å². The van der Waals surface area contributed by atoms with Crippen LogP contribution in [0.2, 0.25) is 0 Å². The summed E-state index contributed by atoms with van der Waals surface area (Å²) in [7, 11) is 0. The summed E-state index contributed by atoms with van der Waals surface area (Å²) in [4.78, 5) is 0. The number of ether oxygens (including phenoxy) is 1. The van der Waals surface area contributed by atoms with E-state index in [1.54, 1.807) is 12.1 Å². The monoisotopic (exact) mass is 218 g/mol. The average molecular weight is 218 g/mol. The van der Waals surface area contributed by atoms with Crippen molar-refractivity contribution in [3.05, 3.63) is 17.8 Å². The van der Waals surface area contributed by atoms with Gasteiger partial charge in [-0.15, -0.1) is 10.2 Å². The first-order valence-electron chi connectivity index (χ1n) is 5.44. The van der Waals surface area contributed by atoms with E-state index in [9.17, 15) is 0 Å². The molecule has 0 aromatic carbocycles. The Morgan fingerprint density at radius 3 is 2.81 bits per heavy atom. The molecule has 1 aliphatic rings. The molecule has 2 heterocycles. The lowest BCUT2D eigenvalue weighted by Gasteiger charge is -2.22. The fourth-order valence-corrected chi connectivity index (χ4v) is 1.69. The molecule has 0 spiro atoms. The van der Waals surface area contributed by atoms with Crippen LogP contribution in [0, 0.1) is 17.2 Å². The van der Waals surface area contributed by atoms with Crippen LogP contribution in [0.4, 0.5) is 5.82 Å². The van der Waals surface area contributed by atoms with E-state index < -0.39 is 0 Å². The van der Waals surface area contributed by atoms with Crippen molar-refractivity contribution >= 4 is 5.82 Å². The van der Waals surface area contributed by atoms with Crippen molar-refractivity contribution in [3.63, 3.8) is 0 Å². The van der Waals surface area contributed by atoms with Crippen LogP contribution in [0.3, 0.4) is 0 Å². The highest BCUT2D eigenvalue weighted by atomic mass is 16.5. The predicted molar refractivity (Wildman–Crippen MR) is 58.8 cm³/mol. The van der Waals surface area contributed by atoms with Gasteiger partial charge in [0.25, 0.3) is 0 Å². The maximum absolute atomic E-state index is 8.58.